The number of rotatable bonds is 3. The van der Waals surface area contributed by atoms with Gasteiger partial charge in [-0.15, -0.1) is 11.3 Å². The molecular formula is C23H31N3S. The van der Waals surface area contributed by atoms with Gasteiger partial charge < -0.3 is 4.57 Å². The van der Waals surface area contributed by atoms with Gasteiger partial charge in [0.15, 0.2) is 0 Å². The van der Waals surface area contributed by atoms with Crippen molar-refractivity contribution in [3.63, 3.8) is 0 Å². The van der Waals surface area contributed by atoms with Gasteiger partial charge in [-0.25, -0.2) is 9.97 Å². The lowest BCUT2D eigenvalue weighted by molar-refractivity contribution is 0.438. The van der Waals surface area contributed by atoms with Crippen molar-refractivity contribution in [1.82, 2.24) is 14.5 Å². The Balaban J connectivity index is 1.82. The van der Waals surface area contributed by atoms with Gasteiger partial charge in [-0.3, -0.25) is 0 Å². The molecule has 1 aliphatic carbocycles. The van der Waals surface area contributed by atoms with Crippen LogP contribution in [0.2, 0.25) is 0 Å². The van der Waals surface area contributed by atoms with E-state index in [2.05, 4.69) is 62.8 Å². The summed E-state index contributed by atoms with van der Waals surface area (Å²) in [5.74, 6) is 1.81. The molecule has 1 aliphatic rings. The molecule has 144 valence electrons. The van der Waals surface area contributed by atoms with E-state index in [0.717, 1.165) is 16.3 Å². The third kappa shape index (κ3) is 3.44. The summed E-state index contributed by atoms with van der Waals surface area (Å²) >= 11 is 1.78. The summed E-state index contributed by atoms with van der Waals surface area (Å²) < 4.78 is 2.40. The van der Waals surface area contributed by atoms with Gasteiger partial charge in [-0.05, 0) is 38.8 Å². The van der Waals surface area contributed by atoms with Gasteiger partial charge in [0, 0.05) is 28.3 Å². The van der Waals surface area contributed by atoms with E-state index in [9.17, 15) is 0 Å². The van der Waals surface area contributed by atoms with Crippen LogP contribution in [-0.4, -0.2) is 14.5 Å². The zero-order valence-corrected chi connectivity index (χ0v) is 18.1. The summed E-state index contributed by atoms with van der Waals surface area (Å²) in [5.41, 5.74) is 4.81. The van der Waals surface area contributed by atoms with Gasteiger partial charge in [0.1, 0.15) is 10.8 Å². The number of thiazole rings is 1. The highest BCUT2D eigenvalue weighted by molar-refractivity contribution is 7.13. The molecule has 3 nitrogen and oxygen atoms in total. The molecule has 0 amide bonds. The molecule has 4 heteroatoms. The predicted octanol–water partition coefficient (Wildman–Crippen LogP) is 7.09. The smallest absolute Gasteiger partial charge is 0.125 e. The van der Waals surface area contributed by atoms with Crippen molar-refractivity contribution >= 4 is 22.4 Å². The fourth-order valence-corrected chi connectivity index (χ4v) is 5.26. The molecule has 0 bridgehead atoms. The molecule has 0 saturated heterocycles. The molecule has 4 rings (SSSR count). The van der Waals surface area contributed by atoms with Gasteiger partial charge in [0.25, 0.3) is 0 Å². The Morgan fingerprint density at radius 3 is 2.48 bits per heavy atom. The second-order valence-corrected chi connectivity index (χ2v) is 10.1. The Labute approximate surface area is 166 Å². The molecular weight excluding hydrogens is 350 g/mol. The maximum Gasteiger partial charge on any atom is 0.125 e. The molecule has 0 radical (unpaired) electrons. The molecule has 1 fully saturated rings. The first-order valence-corrected chi connectivity index (χ1v) is 11.2. The number of hydrogen-bond acceptors (Lipinski definition) is 3. The van der Waals surface area contributed by atoms with Crippen molar-refractivity contribution in [2.45, 2.75) is 84.1 Å². The van der Waals surface area contributed by atoms with E-state index >= 15 is 0 Å². The molecule has 0 atom stereocenters. The Hall–Kier alpha value is -1.68. The Kier molecular flexibility index (Phi) is 4.87. The van der Waals surface area contributed by atoms with Crippen LogP contribution < -0.4 is 0 Å². The Morgan fingerprint density at radius 2 is 1.81 bits per heavy atom. The topological polar surface area (TPSA) is 30.7 Å². The van der Waals surface area contributed by atoms with E-state index in [1.807, 2.05) is 0 Å². The first kappa shape index (κ1) is 18.7. The van der Waals surface area contributed by atoms with Crippen LogP contribution in [0, 0.1) is 0 Å². The van der Waals surface area contributed by atoms with Gasteiger partial charge in [-0.1, -0.05) is 46.1 Å². The Morgan fingerprint density at radius 1 is 1.07 bits per heavy atom. The SMILES string of the molecule is CC(C)n1c(C(C)(C)C)nc2c(-c3nc(C4CCCCC4)cs3)cccc21. The predicted molar refractivity (Wildman–Crippen MR) is 116 cm³/mol. The molecule has 27 heavy (non-hydrogen) atoms. The summed E-state index contributed by atoms with van der Waals surface area (Å²) in [5, 5.41) is 3.41. The summed E-state index contributed by atoms with van der Waals surface area (Å²) in [4.78, 5) is 10.2. The minimum absolute atomic E-state index is 0.0106. The van der Waals surface area contributed by atoms with Crippen molar-refractivity contribution in [3.8, 4) is 10.6 Å². The first-order valence-electron chi connectivity index (χ1n) is 10.3. The molecule has 2 aromatic heterocycles. The van der Waals surface area contributed by atoms with Crippen LogP contribution in [0.4, 0.5) is 0 Å². The Bertz CT molecular complexity index is 936. The first-order chi connectivity index (χ1) is 12.9. The van der Waals surface area contributed by atoms with Gasteiger partial charge in [-0.2, -0.15) is 0 Å². The maximum atomic E-state index is 5.13. The van der Waals surface area contributed by atoms with Crippen LogP contribution in [0.15, 0.2) is 23.6 Å². The second kappa shape index (κ2) is 7.05. The van der Waals surface area contributed by atoms with E-state index in [1.165, 1.54) is 48.9 Å². The van der Waals surface area contributed by atoms with Crippen LogP contribution in [0.25, 0.3) is 21.6 Å². The van der Waals surface area contributed by atoms with Crippen LogP contribution in [0.3, 0.4) is 0 Å². The monoisotopic (exact) mass is 381 g/mol. The lowest BCUT2D eigenvalue weighted by Crippen LogP contribution is -2.20. The number of benzene rings is 1. The normalized spacial score (nSPS) is 16.5. The fourth-order valence-electron chi connectivity index (χ4n) is 4.34. The van der Waals surface area contributed by atoms with E-state index < -0.39 is 0 Å². The molecule has 1 aromatic carbocycles. The number of para-hydroxylation sites is 1. The third-order valence-electron chi connectivity index (χ3n) is 5.68. The van der Waals surface area contributed by atoms with E-state index in [1.54, 1.807) is 11.3 Å². The highest BCUT2D eigenvalue weighted by atomic mass is 32.1. The molecule has 0 spiro atoms. The van der Waals surface area contributed by atoms with Crippen LogP contribution in [0.5, 0.6) is 0 Å². The molecule has 0 aliphatic heterocycles. The van der Waals surface area contributed by atoms with Crippen LogP contribution in [-0.2, 0) is 5.41 Å². The number of fused-ring (bicyclic) bond motifs is 1. The van der Waals surface area contributed by atoms with Crippen molar-refractivity contribution in [2.24, 2.45) is 0 Å². The minimum Gasteiger partial charge on any atom is -0.325 e. The quantitative estimate of drug-likeness (QED) is 0.485. The van der Waals surface area contributed by atoms with Crippen LogP contribution >= 0.6 is 11.3 Å². The van der Waals surface area contributed by atoms with Crippen LogP contribution in [0.1, 0.15) is 90.2 Å². The number of aromatic nitrogens is 3. The highest BCUT2D eigenvalue weighted by Gasteiger charge is 2.26. The number of nitrogens with zero attached hydrogens (tertiary/aromatic N) is 3. The maximum absolute atomic E-state index is 5.13. The average molecular weight is 382 g/mol. The van der Waals surface area contributed by atoms with Crippen molar-refractivity contribution < 1.29 is 0 Å². The summed E-state index contributed by atoms with van der Waals surface area (Å²) in [6.07, 6.45) is 6.67. The van der Waals surface area contributed by atoms with Gasteiger partial charge >= 0.3 is 0 Å². The molecule has 3 aromatic rings. The van der Waals surface area contributed by atoms with E-state index in [-0.39, 0.29) is 5.41 Å². The highest BCUT2D eigenvalue weighted by Crippen LogP contribution is 2.38. The molecule has 1 saturated carbocycles. The fraction of sp³-hybridized carbons (Fsp3) is 0.565. The van der Waals surface area contributed by atoms with Gasteiger partial charge in [0.2, 0.25) is 0 Å². The van der Waals surface area contributed by atoms with E-state index in [0.29, 0.717) is 12.0 Å². The van der Waals surface area contributed by atoms with Crippen molar-refractivity contribution in [1.29, 1.82) is 0 Å². The third-order valence-corrected chi connectivity index (χ3v) is 6.58. The zero-order chi connectivity index (χ0) is 19.2. The lowest BCUT2D eigenvalue weighted by atomic mass is 9.87. The summed E-state index contributed by atoms with van der Waals surface area (Å²) in [6, 6.07) is 6.94. The number of hydrogen-bond donors (Lipinski definition) is 0. The average Bonchev–Trinajstić information content (AvgIpc) is 3.27. The van der Waals surface area contributed by atoms with Crippen molar-refractivity contribution in [3.05, 3.63) is 35.1 Å². The molecule has 2 heterocycles. The molecule has 0 N–H and O–H groups in total. The standard InChI is InChI=1S/C23H31N3S/c1-15(2)26-19-13-9-12-17(20(19)25-22(26)23(3,4)5)21-24-18(14-27-21)16-10-7-6-8-11-16/h9,12-16H,6-8,10-11H2,1-5H3. The summed E-state index contributed by atoms with van der Waals surface area (Å²) in [6.45, 7) is 11.2. The lowest BCUT2D eigenvalue weighted by Gasteiger charge is -2.22. The minimum atomic E-state index is 0.0106. The largest absolute Gasteiger partial charge is 0.325 e. The second-order valence-electron chi connectivity index (χ2n) is 9.23. The number of imidazole rings is 1. The molecule has 0 unspecified atom stereocenters. The van der Waals surface area contributed by atoms with Crippen molar-refractivity contribution in [2.75, 3.05) is 0 Å². The summed E-state index contributed by atoms with van der Waals surface area (Å²) in [7, 11) is 0. The van der Waals surface area contributed by atoms with E-state index in [4.69, 9.17) is 9.97 Å². The van der Waals surface area contributed by atoms with Gasteiger partial charge in [0.05, 0.1) is 16.7 Å². The zero-order valence-electron chi connectivity index (χ0n) is 17.2.